The first-order chi connectivity index (χ1) is 7.10. The summed E-state index contributed by atoms with van der Waals surface area (Å²) in [6, 6.07) is -0.729. The number of aliphatic hydroxyl groups is 1. The van der Waals surface area contributed by atoms with Crippen LogP contribution in [-0.4, -0.2) is 54.5 Å². The average Bonchev–Trinajstić information content (AvgIpc) is 2.59. The number of nitrogens with zero attached hydrogens (tertiary/aromatic N) is 1. The van der Waals surface area contributed by atoms with Gasteiger partial charge >= 0.3 is 12.1 Å². The van der Waals surface area contributed by atoms with Gasteiger partial charge in [-0.25, -0.2) is 9.59 Å². The lowest BCUT2D eigenvalue weighted by Gasteiger charge is -2.20. The maximum atomic E-state index is 11.4. The molecule has 1 N–H and O–H groups in total. The van der Waals surface area contributed by atoms with Gasteiger partial charge in [-0.15, -0.1) is 0 Å². The van der Waals surface area contributed by atoms with Crippen molar-refractivity contribution in [3.63, 3.8) is 0 Å². The van der Waals surface area contributed by atoms with E-state index < -0.39 is 24.2 Å². The molecule has 15 heavy (non-hydrogen) atoms. The highest BCUT2D eigenvalue weighted by atomic mass is 16.6. The Kier molecular flexibility index (Phi) is 3.90. The van der Waals surface area contributed by atoms with Crippen molar-refractivity contribution in [2.75, 3.05) is 20.3 Å². The molecule has 86 valence electrons. The molecule has 1 aliphatic rings. The van der Waals surface area contributed by atoms with Crippen molar-refractivity contribution in [1.29, 1.82) is 0 Å². The van der Waals surface area contributed by atoms with E-state index >= 15 is 0 Å². The number of esters is 1. The number of hydrogen-bond donors (Lipinski definition) is 1. The number of carbonyl (C=O) groups excluding carboxylic acids is 2. The van der Waals surface area contributed by atoms with Crippen LogP contribution in [0.4, 0.5) is 4.79 Å². The highest BCUT2D eigenvalue weighted by Crippen LogP contribution is 2.19. The van der Waals surface area contributed by atoms with Crippen LogP contribution in [0.3, 0.4) is 0 Å². The highest BCUT2D eigenvalue weighted by Gasteiger charge is 2.40. The third-order valence-corrected chi connectivity index (χ3v) is 2.25. The van der Waals surface area contributed by atoms with E-state index in [0.29, 0.717) is 0 Å². The van der Waals surface area contributed by atoms with Gasteiger partial charge in [-0.3, -0.25) is 4.90 Å². The van der Waals surface area contributed by atoms with Gasteiger partial charge in [0, 0.05) is 6.42 Å². The van der Waals surface area contributed by atoms with Crippen molar-refractivity contribution in [3.05, 3.63) is 0 Å². The van der Waals surface area contributed by atoms with Gasteiger partial charge in [-0.2, -0.15) is 0 Å². The normalized spacial score (nSPS) is 25.1. The van der Waals surface area contributed by atoms with E-state index in [0.717, 1.165) is 0 Å². The molecule has 1 rings (SSSR count). The molecular weight excluding hydrogens is 202 g/mol. The Labute approximate surface area is 87.8 Å². The highest BCUT2D eigenvalue weighted by molar-refractivity contribution is 5.82. The molecule has 1 amide bonds. The fourth-order valence-electron chi connectivity index (χ4n) is 1.59. The zero-order valence-corrected chi connectivity index (χ0v) is 8.80. The summed E-state index contributed by atoms with van der Waals surface area (Å²) in [5.74, 6) is -0.501. The summed E-state index contributed by atoms with van der Waals surface area (Å²) in [5.41, 5.74) is 0. The average molecular weight is 217 g/mol. The maximum absolute atomic E-state index is 11.4. The third kappa shape index (κ3) is 2.59. The van der Waals surface area contributed by atoms with Crippen LogP contribution in [0.15, 0.2) is 0 Å². The van der Waals surface area contributed by atoms with Crippen LogP contribution in [0.2, 0.25) is 0 Å². The second kappa shape index (κ2) is 4.97. The second-order valence-corrected chi connectivity index (χ2v) is 3.28. The molecule has 0 aliphatic carbocycles. The van der Waals surface area contributed by atoms with Gasteiger partial charge in [-0.05, 0) is 6.92 Å². The van der Waals surface area contributed by atoms with Gasteiger partial charge < -0.3 is 14.6 Å². The molecule has 0 aromatic heterocycles. The topological polar surface area (TPSA) is 76.1 Å². The Hall–Kier alpha value is -1.30. The van der Waals surface area contributed by atoms with Crippen molar-refractivity contribution in [3.8, 4) is 0 Å². The van der Waals surface area contributed by atoms with Crippen LogP contribution in [0.1, 0.15) is 13.3 Å². The molecule has 1 aliphatic heterocycles. The number of aliphatic hydroxyl groups excluding tert-OH is 1. The summed E-state index contributed by atoms with van der Waals surface area (Å²) in [7, 11) is 1.23. The third-order valence-electron chi connectivity index (χ3n) is 2.25. The minimum absolute atomic E-state index is 0.107. The predicted octanol–water partition coefficient (Wildman–Crippen LogP) is -0.249. The molecular formula is C9H15NO5. The van der Waals surface area contributed by atoms with Crippen molar-refractivity contribution in [2.45, 2.75) is 25.5 Å². The van der Waals surface area contributed by atoms with Gasteiger partial charge in [0.05, 0.1) is 26.4 Å². The Morgan fingerprint density at radius 1 is 1.53 bits per heavy atom. The largest absolute Gasteiger partial charge is 0.464 e. The van der Waals surface area contributed by atoms with E-state index in [1.165, 1.54) is 12.0 Å². The Morgan fingerprint density at radius 2 is 2.20 bits per heavy atom. The smallest absolute Gasteiger partial charge is 0.410 e. The van der Waals surface area contributed by atoms with E-state index in [-0.39, 0.29) is 19.6 Å². The van der Waals surface area contributed by atoms with Crippen molar-refractivity contribution < 1.29 is 24.2 Å². The summed E-state index contributed by atoms with van der Waals surface area (Å²) in [4.78, 5) is 23.9. The lowest BCUT2D eigenvalue weighted by atomic mass is 10.2. The number of hydrogen-bond acceptors (Lipinski definition) is 5. The molecule has 6 nitrogen and oxygen atoms in total. The Morgan fingerprint density at radius 3 is 2.73 bits per heavy atom. The van der Waals surface area contributed by atoms with Crippen LogP contribution in [0, 0.1) is 0 Å². The molecule has 2 atom stereocenters. The Balaban J connectivity index is 2.68. The van der Waals surface area contributed by atoms with Gasteiger partial charge in [0.1, 0.15) is 6.04 Å². The van der Waals surface area contributed by atoms with E-state index in [1.807, 2.05) is 0 Å². The van der Waals surface area contributed by atoms with Crippen LogP contribution >= 0.6 is 0 Å². The van der Waals surface area contributed by atoms with E-state index in [4.69, 9.17) is 4.74 Å². The first kappa shape index (κ1) is 11.8. The monoisotopic (exact) mass is 217 g/mol. The van der Waals surface area contributed by atoms with Crippen LogP contribution in [0.5, 0.6) is 0 Å². The van der Waals surface area contributed by atoms with E-state index in [2.05, 4.69) is 4.74 Å². The molecule has 0 spiro atoms. The van der Waals surface area contributed by atoms with Crippen LogP contribution in [0.25, 0.3) is 0 Å². The first-order valence-corrected chi connectivity index (χ1v) is 4.79. The minimum Gasteiger partial charge on any atom is -0.464 e. The quantitative estimate of drug-likeness (QED) is 0.645. The van der Waals surface area contributed by atoms with Crippen molar-refractivity contribution in [1.82, 2.24) is 4.90 Å². The molecule has 0 unspecified atom stereocenters. The fraction of sp³-hybridized carbons (Fsp3) is 0.778. The number of methoxy groups -OCH3 is 1. The van der Waals surface area contributed by atoms with Crippen molar-refractivity contribution in [2.24, 2.45) is 0 Å². The Bertz CT molecular complexity index is 255. The number of ether oxygens (including phenoxy) is 2. The maximum Gasteiger partial charge on any atom is 0.410 e. The molecule has 1 heterocycles. The number of carbonyl (C=O) groups is 2. The second-order valence-electron chi connectivity index (χ2n) is 3.28. The molecule has 1 saturated heterocycles. The zero-order valence-electron chi connectivity index (χ0n) is 8.80. The van der Waals surface area contributed by atoms with Gasteiger partial charge in [0.25, 0.3) is 0 Å². The predicted molar refractivity (Wildman–Crippen MR) is 50.2 cm³/mol. The molecule has 1 fully saturated rings. The standard InChI is InChI=1S/C9H15NO5/c1-3-15-8(12)7-4-6(11)5-10(7)9(13)14-2/h6-7,11H,3-5H2,1-2H3/t6-,7+/m0/s1. The fourth-order valence-corrected chi connectivity index (χ4v) is 1.59. The number of β-amino-alcohol motifs (C(OH)–C–C–N with tert-alkyl or cyclic N) is 1. The lowest BCUT2D eigenvalue weighted by Crippen LogP contribution is -2.41. The van der Waals surface area contributed by atoms with E-state index in [9.17, 15) is 14.7 Å². The molecule has 0 saturated carbocycles. The van der Waals surface area contributed by atoms with Gasteiger partial charge in [0.15, 0.2) is 0 Å². The molecule has 6 heteroatoms. The summed E-state index contributed by atoms with van der Waals surface area (Å²) < 4.78 is 9.31. The number of amides is 1. The summed E-state index contributed by atoms with van der Waals surface area (Å²) in [5, 5.41) is 9.37. The summed E-state index contributed by atoms with van der Waals surface area (Å²) in [6.07, 6.45) is -1.11. The summed E-state index contributed by atoms with van der Waals surface area (Å²) >= 11 is 0. The zero-order chi connectivity index (χ0) is 11.4. The molecule has 0 radical (unpaired) electrons. The summed E-state index contributed by atoms with van der Waals surface area (Å²) in [6.45, 7) is 2.04. The molecule has 0 bridgehead atoms. The SMILES string of the molecule is CCOC(=O)[C@H]1C[C@H](O)CN1C(=O)OC. The van der Waals surface area contributed by atoms with Gasteiger partial charge in [-0.1, -0.05) is 0 Å². The molecule has 0 aromatic rings. The number of likely N-dealkylation sites (tertiary alicyclic amines) is 1. The van der Waals surface area contributed by atoms with Crippen LogP contribution < -0.4 is 0 Å². The minimum atomic E-state index is -0.729. The van der Waals surface area contributed by atoms with Gasteiger partial charge in [0.2, 0.25) is 0 Å². The lowest BCUT2D eigenvalue weighted by molar-refractivity contribution is -0.147. The first-order valence-electron chi connectivity index (χ1n) is 4.79. The van der Waals surface area contributed by atoms with E-state index in [1.54, 1.807) is 6.92 Å². The van der Waals surface area contributed by atoms with Crippen LogP contribution in [-0.2, 0) is 14.3 Å². The van der Waals surface area contributed by atoms with Crippen molar-refractivity contribution >= 4 is 12.1 Å². The number of rotatable bonds is 2. The molecule has 0 aromatic carbocycles.